The second-order valence-corrected chi connectivity index (χ2v) is 7.76. The number of piperidine rings is 1. The third-order valence-electron chi connectivity index (χ3n) is 5.72. The van der Waals surface area contributed by atoms with E-state index in [0.29, 0.717) is 23.8 Å². The number of hydrogen-bond donors (Lipinski definition) is 2. The molecular formula is C25H33N2O4+. The maximum Gasteiger partial charge on any atom is 0.244 e. The van der Waals surface area contributed by atoms with Crippen molar-refractivity contribution < 1.29 is 23.9 Å². The van der Waals surface area contributed by atoms with E-state index < -0.39 is 0 Å². The highest BCUT2D eigenvalue weighted by molar-refractivity contribution is 5.92. The number of hydrogen-bond acceptors (Lipinski definition) is 4. The lowest BCUT2D eigenvalue weighted by molar-refractivity contribution is -0.918. The molecular weight excluding hydrogens is 392 g/mol. The highest BCUT2D eigenvalue weighted by Gasteiger charge is 2.16. The van der Waals surface area contributed by atoms with Crippen LogP contribution in [0, 0.1) is 0 Å². The molecule has 0 saturated carbocycles. The summed E-state index contributed by atoms with van der Waals surface area (Å²) >= 11 is 0. The minimum Gasteiger partial charge on any atom is -0.496 e. The molecule has 2 N–H and O–H groups in total. The van der Waals surface area contributed by atoms with Gasteiger partial charge in [0, 0.05) is 29.8 Å². The number of methoxy groups -OCH3 is 3. The quantitative estimate of drug-likeness (QED) is 0.607. The fraction of sp³-hybridized carbons (Fsp3) is 0.400. The third kappa shape index (κ3) is 6.25. The van der Waals surface area contributed by atoms with Crippen molar-refractivity contribution >= 4 is 12.0 Å². The summed E-state index contributed by atoms with van der Waals surface area (Å²) in [6, 6.07) is 11.9. The fourth-order valence-corrected chi connectivity index (χ4v) is 3.99. The second kappa shape index (κ2) is 11.4. The zero-order valence-corrected chi connectivity index (χ0v) is 18.7. The molecule has 1 amide bonds. The molecule has 2 aromatic rings. The first-order chi connectivity index (χ1) is 15.1. The first-order valence-electron chi connectivity index (χ1n) is 10.8. The van der Waals surface area contributed by atoms with E-state index in [0.717, 1.165) is 12.1 Å². The number of benzene rings is 2. The van der Waals surface area contributed by atoms with Gasteiger partial charge >= 0.3 is 0 Å². The van der Waals surface area contributed by atoms with E-state index >= 15 is 0 Å². The molecule has 0 radical (unpaired) electrons. The van der Waals surface area contributed by atoms with Gasteiger partial charge < -0.3 is 24.4 Å². The molecule has 0 bridgehead atoms. The number of carbonyl (C=O) groups is 1. The van der Waals surface area contributed by atoms with Gasteiger partial charge in [-0.15, -0.1) is 0 Å². The van der Waals surface area contributed by atoms with Gasteiger partial charge in [-0.3, -0.25) is 4.79 Å². The average Bonchev–Trinajstić information content (AvgIpc) is 2.82. The number of amides is 1. The van der Waals surface area contributed by atoms with E-state index in [9.17, 15) is 4.79 Å². The van der Waals surface area contributed by atoms with Gasteiger partial charge in [0.05, 0.1) is 34.4 Å². The van der Waals surface area contributed by atoms with Gasteiger partial charge in [-0.2, -0.15) is 0 Å². The number of rotatable bonds is 9. The van der Waals surface area contributed by atoms with Gasteiger partial charge in [-0.1, -0.05) is 24.3 Å². The minimum atomic E-state index is -0.156. The smallest absolute Gasteiger partial charge is 0.244 e. The number of quaternary nitrogens is 1. The SMILES string of the molecule is COc1cc(OC)c(OC)cc1/C=C/C(=O)NCc1ccccc1C[NH+]1CCCCC1. The van der Waals surface area contributed by atoms with Crippen LogP contribution in [0.5, 0.6) is 17.2 Å². The first kappa shape index (κ1) is 22.7. The molecule has 2 aromatic carbocycles. The highest BCUT2D eigenvalue weighted by Crippen LogP contribution is 2.35. The largest absolute Gasteiger partial charge is 0.496 e. The normalized spacial score (nSPS) is 14.4. The Balaban J connectivity index is 1.64. The maximum atomic E-state index is 12.5. The van der Waals surface area contributed by atoms with Gasteiger partial charge in [-0.25, -0.2) is 0 Å². The zero-order chi connectivity index (χ0) is 22.1. The summed E-state index contributed by atoms with van der Waals surface area (Å²) in [5, 5.41) is 3.00. The van der Waals surface area contributed by atoms with Gasteiger partial charge in [0.15, 0.2) is 11.5 Å². The topological polar surface area (TPSA) is 61.2 Å². The number of ether oxygens (including phenoxy) is 3. The molecule has 6 heteroatoms. The van der Waals surface area contributed by atoms with Crippen molar-refractivity contribution in [3.63, 3.8) is 0 Å². The van der Waals surface area contributed by atoms with E-state index in [1.807, 2.05) is 6.07 Å². The van der Waals surface area contributed by atoms with E-state index in [4.69, 9.17) is 14.2 Å². The molecule has 0 unspecified atom stereocenters. The van der Waals surface area contributed by atoms with Crippen molar-refractivity contribution in [1.82, 2.24) is 5.32 Å². The lowest BCUT2D eigenvalue weighted by Crippen LogP contribution is -3.11. The molecule has 166 valence electrons. The first-order valence-corrected chi connectivity index (χ1v) is 10.8. The molecule has 0 aliphatic carbocycles. The predicted molar refractivity (Wildman–Crippen MR) is 122 cm³/mol. The molecule has 1 fully saturated rings. The van der Waals surface area contributed by atoms with Crippen LogP contribution in [-0.2, 0) is 17.9 Å². The lowest BCUT2D eigenvalue weighted by Gasteiger charge is -2.24. The van der Waals surface area contributed by atoms with E-state index in [-0.39, 0.29) is 5.91 Å². The molecule has 31 heavy (non-hydrogen) atoms. The molecule has 0 aromatic heterocycles. The average molecular weight is 426 g/mol. The lowest BCUT2D eigenvalue weighted by atomic mass is 10.0. The molecule has 1 heterocycles. The standard InChI is InChI=1S/C25H32N2O4/c1-29-22-16-24(31-3)23(30-2)15-19(22)11-12-25(28)26-17-20-9-5-6-10-21(20)18-27-13-7-4-8-14-27/h5-6,9-12,15-16H,4,7-8,13-14,17-18H2,1-3H3,(H,26,28)/p+1/b12-11+. The van der Waals surface area contributed by atoms with E-state index in [2.05, 4.69) is 23.5 Å². The van der Waals surface area contributed by atoms with Crippen LogP contribution < -0.4 is 24.4 Å². The van der Waals surface area contributed by atoms with Crippen LogP contribution in [0.4, 0.5) is 0 Å². The molecule has 0 atom stereocenters. The van der Waals surface area contributed by atoms with Crippen LogP contribution in [0.25, 0.3) is 6.08 Å². The summed E-state index contributed by atoms with van der Waals surface area (Å²) in [7, 11) is 4.73. The second-order valence-electron chi connectivity index (χ2n) is 7.76. The Labute approximate surface area is 184 Å². The minimum absolute atomic E-state index is 0.156. The van der Waals surface area contributed by atoms with Crippen molar-refractivity contribution in [2.45, 2.75) is 32.4 Å². The Morgan fingerprint density at radius 1 is 0.935 bits per heavy atom. The molecule has 3 rings (SSSR count). The van der Waals surface area contributed by atoms with E-state index in [1.54, 1.807) is 44.4 Å². The summed E-state index contributed by atoms with van der Waals surface area (Å²) in [6.45, 7) is 3.99. The predicted octanol–water partition coefficient (Wildman–Crippen LogP) is 2.61. The summed E-state index contributed by atoms with van der Waals surface area (Å²) in [5.41, 5.74) is 3.22. The Morgan fingerprint density at radius 3 is 2.26 bits per heavy atom. The van der Waals surface area contributed by atoms with Crippen LogP contribution in [0.2, 0.25) is 0 Å². The van der Waals surface area contributed by atoms with Gasteiger partial charge in [0.1, 0.15) is 12.3 Å². The third-order valence-corrected chi connectivity index (χ3v) is 5.72. The van der Waals surface area contributed by atoms with Crippen LogP contribution in [0.3, 0.4) is 0 Å². The van der Waals surface area contributed by atoms with Crippen molar-refractivity contribution in [3.05, 3.63) is 59.2 Å². The molecule has 1 aliphatic heterocycles. The Morgan fingerprint density at radius 2 is 1.58 bits per heavy atom. The Hall–Kier alpha value is -2.99. The molecule has 1 saturated heterocycles. The van der Waals surface area contributed by atoms with Crippen molar-refractivity contribution in [3.8, 4) is 17.2 Å². The summed E-state index contributed by atoms with van der Waals surface area (Å²) < 4.78 is 16.1. The number of likely N-dealkylation sites (tertiary alicyclic amines) is 1. The fourth-order valence-electron chi connectivity index (χ4n) is 3.99. The van der Waals surface area contributed by atoms with Crippen molar-refractivity contribution in [2.75, 3.05) is 34.4 Å². The zero-order valence-electron chi connectivity index (χ0n) is 18.7. The van der Waals surface area contributed by atoms with Crippen LogP contribution in [-0.4, -0.2) is 40.3 Å². The molecule has 6 nitrogen and oxygen atoms in total. The van der Waals surface area contributed by atoms with E-state index in [1.165, 1.54) is 49.6 Å². The highest BCUT2D eigenvalue weighted by atomic mass is 16.5. The van der Waals surface area contributed by atoms with Crippen LogP contribution >= 0.6 is 0 Å². The van der Waals surface area contributed by atoms with Crippen LogP contribution in [0.1, 0.15) is 36.0 Å². The van der Waals surface area contributed by atoms with Crippen LogP contribution in [0.15, 0.2) is 42.5 Å². The molecule has 0 spiro atoms. The van der Waals surface area contributed by atoms with Gasteiger partial charge in [0.2, 0.25) is 5.91 Å². The van der Waals surface area contributed by atoms with Crippen molar-refractivity contribution in [2.24, 2.45) is 0 Å². The number of carbonyl (C=O) groups excluding carboxylic acids is 1. The monoisotopic (exact) mass is 425 g/mol. The summed E-state index contributed by atoms with van der Waals surface area (Å²) in [4.78, 5) is 14.1. The maximum absolute atomic E-state index is 12.5. The van der Waals surface area contributed by atoms with Gasteiger partial charge in [0.25, 0.3) is 0 Å². The summed E-state index contributed by atoms with van der Waals surface area (Å²) in [6.07, 6.45) is 7.19. The number of nitrogens with one attached hydrogen (secondary N) is 2. The Kier molecular flexibility index (Phi) is 8.35. The van der Waals surface area contributed by atoms with Gasteiger partial charge in [-0.05, 0) is 37.0 Å². The Bertz CT molecular complexity index is 904. The van der Waals surface area contributed by atoms with Crippen molar-refractivity contribution in [1.29, 1.82) is 0 Å². The summed E-state index contributed by atoms with van der Waals surface area (Å²) in [5.74, 6) is 1.61. The molecule has 1 aliphatic rings.